The van der Waals surface area contributed by atoms with Crippen LogP contribution in [0.5, 0.6) is 0 Å². The highest BCUT2D eigenvalue weighted by atomic mass is 32.2. The Labute approximate surface area is 119 Å². The average molecular weight is 307 g/mol. The monoisotopic (exact) mass is 307 g/mol. The van der Waals surface area contributed by atoms with Gasteiger partial charge in [-0.05, 0) is 5.41 Å². The van der Waals surface area contributed by atoms with E-state index in [1.54, 1.807) is 0 Å². The van der Waals surface area contributed by atoms with Crippen LogP contribution >= 0.6 is 0 Å². The van der Waals surface area contributed by atoms with Gasteiger partial charge >= 0.3 is 11.9 Å². The molecule has 1 N–H and O–H groups in total. The maximum atomic E-state index is 11.6. The second-order valence-corrected chi connectivity index (χ2v) is 7.04. The molecule has 0 aliphatic rings. The maximum absolute atomic E-state index is 11.6. The van der Waals surface area contributed by atoms with Gasteiger partial charge in [0.1, 0.15) is 6.61 Å². The minimum atomic E-state index is -3.40. The van der Waals surface area contributed by atoms with Crippen LogP contribution in [0, 0.1) is 5.41 Å². The zero-order valence-corrected chi connectivity index (χ0v) is 13.0. The molecule has 0 aromatic rings. The van der Waals surface area contributed by atoms with Gasteiger partial charge in [-0.3, -0.25) is 0 Å². The largest absolute Gasteiger partial charge is 0.466 e. The summed E-state index contributed by atoms with van der Waals surface area (Å²) in [6.45, 7) is 5.29. The van der Waals surface area contributed by atoms with Gasteiger partial charge < -0.3 is 9.47 Å². The molecule has 0 aliphatic heterocycles. The van der Waals surface area contributed by atoms with E-state index in [9.17, 15) is 18.0 Å². The summed E-state index contributed by atoms with van der Waals surface area (Å²) in [5.41, 5.74) is -0.355. The smallest absolute Gasteiger partial charge is 0.331 e. The van der Waals surface area contributed by atoms with E-state index in [2.05, 4.69) is 9.46 Å². The van der Waals surface area contributed by atoms with Gasteiger partial charge in [0.25, 0.3) is 0 Å². The molecule has 116 valence electrons. The van der Waals surface area contributed by atoms with Crippen molar-refractivity contribution in [3.05, 3.63) is 12.2 Å². The van der Waals surface area contributed by atoms with Crippen molar-refractivity contribution in [3.8, 4) is 0 Å². The Morgan fingerprint density at radius 3 is 2.20 bits per heavy atom. The van der Waals surface area contributed by atoms with Crippen LogP contribution in [0.1, 0.15) is 20.8 Å². The molecule has 0 aromatic carbocycles. The number of nitrogens with one attached hydrogen (secondary N) is 1. The standard InChI is InChI=1S/C12H21NO6S/c1-12(2,3)9-20(16,17)13-7-8-19-11(15)6-5-10(14)18-4/h5-6,13H,7-9H2,1-4H3/b6-5+. The van der Waals surface area contributed by atoms with E-state index in [1.165, 1.54) is 7.11 Å². The first-order valence-corrected chi connectivity index (χ1v) is 7.61. The summed E-state index contributed by atoms with van der Waals surface area (Å²) in [4.78, 5) is 21.8. The minimum Gasteiger partial charge on any atom is -0.466 e. The van der Waals surface area contributed by atoms with Gasteiger partial charge in [-0.2, -0.15) is 0 Å². The van der Waals surface area contributed by atoms with Crippen LogP contribution in [0.25, 0.3) is 0 Å². The quantitative estimate of drug-likeness (QED) is 0.410. The molecule has 0 atom stereocenters. The molecule has 0 rings (SSSR count). The van der Waals surface area contributed by atoms with Crippen LogP contribution in [-0.2, 0) is 29.1 Å². The van der Waals surface area contributed by atoms with Gasteiger partial charge in [0.2, 0.25) is 10.0 Å². The molecule has 0 heterocycles. The van der Waals surface area contributed by atoms with E-state index in [4.69, 9.17) is 4.74 Å². The van der Waals surface area contributed by atoms with Crippen LogP contribution in [0.4, 0.5) is 0 Å². The van der Waals surface area contributed by atoms with Crippen molar-refractivity contribution in [2.24, 2.45) is 5.41 Å². The van der Waals surface area contributed by atoms with Crippen molar-refractivity contribution in [1.29, 1.82) is 0 Å². The lowest BCUT2D eigenvalue weighted by Gasteiger charge is -2.18. The number of hydrogen-bond donors (Lipinski definition) is 1. The van der Waals surface area contributed by atoms with Crippen LogP contribution in [0.15, 0.2) is 12.2 Å². The molecule has 0 aliphatic carbocycles. The van der Waals surface area contributed by atoms with Gasteiger partial charge in [0.15, 0.2) is 0 Å². The number of carbonyl (C=O) groups excluding carboxylic acids is 2. The molecule has 0 saturated heterocycles. The van der Waals surface area contributed by atoms with E-state index in [-0.39, 0.29) is 24.3 Å². The lowest BCUT2D eigenvalue weighted by atomic mass is 10.0. The fraction of sp³-hybridized carbons (Fsp3) is 0.667. The zero-order chi connectivity index (χ0) is 15.8. The lowest BCUT2D eigenvalue weighted by molar-refractivity contribution is -0.139. The number of esters is 2. The summed E-state index contributed by atoms with van der Waals surface area (Å²) in [5, 5.41) is 0. The summed E-state index contributed by atoms with van der Waals surface area (Å²) in [6, 6.07) is 0. The molecule has 0 aromatic heterocycles. The molecule has 0 radical (unpaired) electrons. The molecule has 7 nitrogen and oxygen atoms in total. The molecule has 0 fully saturated rings. The number of methoxy groups -OCH3 is 1. The van der Waals surface area contributed by atoms with Gasteiger partial charge in [-0.25, -0.2) is 22.7 Å². The van der Waals surface area contributed by atoms with Crippen molar-refractivity contribution in [2.45, 2.75) is 20.8 Å². The van der Waals surface area contributed by atoms with Gasteiger partial charge in [0, 0.05) is 18.7 Å². The third-order valence-electron chi connectivity index (χ3n) is 1.85. The van der Waals surface area contributed by atoms with Gasteiger partial charge in [-0.15, -0.1) is 0 Å². The summed E-state index contributed by atoms with van der Waals surface area (Å²) >= 11 is 0. The predicted octanol–water partition coefficient (Wildman–Crippen LogP) is 0.224. The van der Waals surface area contributed by atoms with E-state index < -0.39 is 22.0 Å². The van der Waals surface area contributed by atoms with Crippen molar-refractivity contribution in [2.75, 3.05) is 26.0 Å². The number of sulfonamides is 1. The normalized spacial score (nSPS) is 12.4. The number of hydrogen-bond acceptors (Lipinski definition) is 6. The van der Waals surface area contributed by atoms with Crippen molar-refractivity contribution in [1.82, 2.24) is 4.72 Å². The zero-order valence-electron chi connectivity index (χ0n) is 12.1. The SMILES string of the molecule is COC(=O)/C=C/C(=O)OCCNS(=O)(=O)CC(C)(C)C. The first kappa shape index (κ1) is 18.6. The predicted molar refractivity (Wildman–Crippen MR) is 73.4 cm³/mol. The highest BCUT2D eigenvalue weighted by Crippen LogP contribution is 2.14. The van der Waals surface area contributed by atoms with Crippen LogP contribution in [-0.4, -0.2) is 46.4 Å². The van der Waals surface area contributed by atoms with Crippen LogP contribution < -0.4 is 4.72 Å². The molecular weight excluding hydrogens is 286 g/mol. The Morgan fingerprint density at radius 1 is 1.15 bits per heavy atom. The van der Waals surface area contributed by atoms with Crippen LogP contribution in [0.3, 0.4) is 0 Å². The minimum absolute atomic E-state index is 0.0176. The van der Waals surface area contributed by atoms with Crippen molar-refractivity contribution < 1.29 is 27.5 Å². The lowest BCUT2D eigenvalue weighted by Crippen LogP contribution is -2.34. The van der Waals surface area contributed by atoms with E-state index in [0.717, 1.165) is 12.2 Å². The second kappa shape index (κ2) is 8.01. The Balaban J connectivity index is 4.00. The molecule has 0 saturated carbocycles. The molecule has 0 amide bonds. The van der Waals surface area contributed by atoms with E-state index in [0.29, 0.717) is 0 Å². The second-order valence-electron chi connectivity index (χ2n) is 5.24. The molecule has 0 bridgehead atoms. The first-order valence-electron chi connectivity index (χ1n) is 5.96. The van der Waals surface area contributed by atoms with Gasteiger partial charge in [0.05, 0.1) is 12.9 Å². The summed E-state index contributed by atoms with van der Waals surface area (Å²) in [6.07, 6.45) is 1.83. The summed E-state index contributed by atoms with van der Waals surface area (Å²) in [7, 11) is -2.22. The number of ether oxygens (including phenoxy) is 2. The van der Waals surface area contributed by atoms with Crippen molar-refractivity contribution >= 4 is 22.0 Å². The van der Waals surface area contributed by atoms with Gasteiger partial charge in [-0.1, -0.05) is 20.8 Å². The fourth-order valence-corrected chi connectivity index (χ4v) is 2.86. The third kappa shape index (κ3) is 10.5. The Morgan fingerprint density at radius 2 is 1.70 bits per heavy atom. The average Bonchev–Trinajstić information content (AvgIpc) is 2.28. The summed E-state index contributed by atoms with van der Waals surface area (Å²) in [5.74, 6) is -1.44. The Hall–Kier alpha value is -1.41. The maximum Gasteiger partial charge on any atom is 0.331 e. The molecule has 0 spiro atoms. The molecule has 0 unspecified atom stereocenters. The molecule has 8 heteroatoms. The Kier molecular flexibility index (Phi) is 7.44. The number of carbonyl (C=O) groups is 2. The van der Waals surface area contributed by atoms with E-state index >= 15 is 0 Å². The molecular formula is C12H21NO6S. The highest BCUT2D eigenvalue weighted by molar-refractivity contribution is 7.89. The topological polar surface area (TPSA) is 98.8 Å². The molecule has 20 heavy (non-hydrogen) atoms. The fourth-order valence-electron chi connectivity index (χ4n) is 1.22. The highest BCUT2D eigenvalue weighted by Gasteiger charge is 2.20. The third-order valence-corrected chi connectivity index (χ3v) is 3.74. The first-order chi connectivity index (χ1) is 9.06. The summed E-state index contributed by atoms with van der Waals surface area (Å²) < 4.78 is 34.6. The van der Waals surface area contributed by atoms with Crippen LogP contribution in [0.2, 0.25) is 0 Å². The Bertz CT molecular complexity index is 461. The van der Waals surface area contributed by atoms with Crippen molar-refractivity contribution in [3.63, 3.8) is 0 Å². The van der Waals surface area contributed by atoms with E-state index in [1.807, 2.05) is 20.8 Å². The number of rotatable bonds is 7.